The van der Waals surface area contributed by atoms with Crippen LogP contribution in [-0.4, -0.2) is 70.2 Å². The second-order valence-corrected chi connectivity index (χ2v) is 5.87. The topological polar surface area (TPSA) is 113 Å². The number of fused-ring (bicyclic) bond motifs is 1. The highest BCUT2D eigenvalue weighted by atomic mass is 32.2. The van der Waals surface area contributed by atoms with Gasteiger partial charge in [0.1, 0.15) is 23.7 Å². The molecule has 116 valence electrons. The van der Waals surface area contributed by atoms with Gasteiger partial charge in [-0.3, -0.25) is 9.69 Å². The third kappa shape index (κ3) is 2.70. The van der Waals surface area contributed by atoms with E-state index in [1.54, 1.807) is 14.0 Å². The monoisotopic (exact) mass is 315 g/mol. The largest absolute Gasteiger partial charge is 0.477 e. The summed E-state index contributed by atoms with van der Waals surface area (Å²) in [7, 11) is 1.58. The molecular formula is C12H17N3O5S. The van der Waals surface area contributed by atoms with Crippen LogP contribution in [0, 0.1) is 0 Å². The first-order valence-corrected chi connectivity index (χ1v) is 7.46. The number of nitrogens with two attached hydrogens (primary N) is 1. The molecule has 1 fully saturated rings. The molecule has 2 aliphatic heterocycles. The highest BCUT2D eigenvalue weighted by Crippen LogP contribution is 2.39. The molecule has 9 heteroatoms. The zero-order valence-electron chi connectivity index (χ0n) is 11.7. The van der Waals surface area contributed by atoms with Gasteiger partial charge in [0.15, 0.2) is 0 Å². The Labute approximate surface area is 125 Å². The zero-order valence-corrected chi connectivity index (χ0v) is 12.6. The normalized spacial score (nSPS) is 24.3. The number of ether oxygens (including phenoxy) is 1. The highest BCUT2D eigenvalue weighted by molar-refractivity contribution is 8.00. The maximum atomic E-state index is 11.7. The number of hydrogen-bond acceptors (Lipinski definition) is 6. The van der Waals surface area contributed by atoms with Gasteiger partial charge in [-0.15, -0.1) is 11.8 Å². The fourth-order valence-corrected chi connectivity index (χ4v) is 3.35. The molecule has 2 rings (SSSR count). The van der Waals surface area contributed by atoms with Crippen molar-refractivity contribution in [2.45, 2.75) is 18.3 Å². The fraction of sp³-hybridized carbons (Fsp3) is 0.583. The summed E-state index contributed by atoms with van der Waals surface area (Å²) < 4.78 is 5.07. The van der Waals surface area contributed by atoms with E-state index < -0.39 is 24.0 Å². The van der Waals surface area contributed by atoms with Gasteiger partial charge in [-0.05, 0) is 6.92 Å². The lowest BCUT2D eigenvalue weighted by Gasteiger charge is -2.47. The van der Waals surface area contributed by atoms with E-state index >= 15 is 0 Å². The predicted molar refractivity (Wildman–Crippen MR) is 75.4 cm³/mol. The predicted octanol–water partition coefficient (Wildman–Crippen LogP) is -0.344. The molecule has 0 aromatic carbocycles. The van der Waals surface area contributed by atoms with Crippen molar-refractivity contribution >= 4 is 29.7 Å². The van der Waals surface area contributed by atoms with Crippen LogP contribution in [0.4, 0.5) is 4.79 Å². The molecule has 0 spiro atoms. The van der Waals surface area contributed by atoms with Crippen LogP contribution in [0.3, 0.4) is 0 Å². The molecule has 2 unspecified atom stereocenters. The Hall–Kier alpha value is -1.74. The smallest absolute Gasteiger partial charge is 0.409 e. The lowest BCUT2D eigenvalue weighted by Crippen LogP contribution is -2.68. The lowest BCUT2D eigenvalue weighted by molar-refractivity contribution is -0.148. The van der Waals surface area contributed by atoms with Crippen molar-refractivity contribution in [3.63, 3.8) is 0 Å². The van der Waals surface area contributed by atoms with Crippen LogP contribution in [0.2, 0.25) is 0 Å². The number of carbonyl (C=O) groups excluding carboxylic acids is 2. The third-order valence-corrected chi connectivity index (χ3v) is 4.81. The average Bonchev–Trinajstić information content (AvgIpc) is 2.49. The molecule has 0 aromatic rings. The fourth-order valence-electron chi connectivity index (χ4n) is 2.08. The van der Waals surface area contributed by atoms with Crippen LogP contribution < -0.4 is 5.73 Å². The number of carboxylic acids is 1. The molecule has 0 bridgehead atoms. The Bertz CT molecular complexity index is 521. The Balaban J connectivity index is 2.14. The second kappa shape index (κ2) is 5.94. The quantitative estimate of drug-likeness (QED) is 0.682. The van der Waals surface area contributed by atoms with Gasteiger partial charge in [-0.25, -0.2) is 9.59 Å². The minimum atomic E-state index is -1.21. The van der Waals surface area contributed by atoms with Crippen molar-refractivity contribution in [3.05, 3.63) is 11.3 Å². The number of amides is 2. The number of rotatable bonds is 4. The van der Waals surface area contributed by atoms with E-state index in [1.165, 1.54) is 21.6 Å². The molecule has 3 N–H and O–H groups in total. The maximum Gasteiger partial charge on any atom is 0.409 e. The molecule has 0 radical (unpaired) electrons. The standard InChI is InChI=1S/C12H17N3O5S/c1-3-14(2)12(19)20-4-6-5-21-10-7(13)9(16)15(10)8(6)11(17)18/h7,10H,3-5,13H2,1-2H3,(H,17,18). The molecule has 2 amide bonds. The Morgan fingerprint density at radius 1 is 1.57 bits per heavy atom. The molecule has 2 atom stereocenters. The number of β-lactam (4-membered cyclic amide) rings is 1. The molecule has 0 aliphatic carbocycles. The first-order valence-electron chi connectivity index (χ1n) is 6.42. The minimum Gasteiger partial charge on any atom is -0.477 e. The van der Waals surface area contributed by atoms with Crippen molar-refractivity contribution in [1.82, 2.24) is 9.80 Å². The Morgan fingerprint density at radius 2 is 2.24 bits per heavy atom. The van der Waals surface area contributed by atoms with Crippen molar-refractivity contribution in [2.24, 2.45) is 5.73 Å². The zero-order chi connectivity index (χ0) is 15.7. The van der Waals surface area contributed by atoms with Gasteiger partial charge < -0.3 is 20.5 Å². The highest BCUT2D eigenvalue weighted by Gasteiger charge is 2.51. The Kier molecular flexibility index (Phi) is 4.43. The average molecular weight is 315 g/mol. The number of carboxylic acid groups (broad SMARTS) is 1. The van der Waals surface area contributed by atoms with Crippen LogP contribution in [-0.2, 0) is 14.3 Å². The summed E-state index contributed by atoms with van der Waals surface area (Å²) in [5, 5.41) is 8.96. The van der Waals surface area contributed by atoms with Crippen molar-refractivity contribution in [3.8, 4) is 0 Å². The molecule has 2 heterocycles. The van der Waals surface area contributed by atoms with E-state index in [0.717, 1.165) is 0 Å². The van der Waals surface area contributed by atoms with E-state index in [0.29, 0.717) is 17.9 Å². The molecular weight excluding hydrogens is 298 g/mol. The van der Waals surface area contributed by atoms with Crippen molar-refractivity contribution < 1.29 is 24.2 Å². The molecule has 0 aromatic heterocycles. The summed E-state index contributed by atoms with van der Waals surface area (Å²) in [4.78, 5) is 37.2. The van der Waals surface area contributed by atoms with Gasteiger partial charge in [0.2, 0.25) is 5.91 Å². The number of aliphatic carboxylic acids is 1. The molecule has 0 saturated carbocycles. The van der Waals surface area contributed by atoms with Gasteiger partial charge in [-0.2, -0.15) is 0 Å². The van der Waals surface area contributed by atoms with E-state index in [2.05, 4.69) is 0 Å². The molecule has 8 nitrogen and oxygen atoms in total. The lowest BCUT2D eigenvalue weighted by atomic mass is 10.0. The van der Waals surface area contributed by atoms with Crippen LogP contribution in [0.1, 0.15) is 6.92 Å². The van der Waals surface area contributed by atoms with E-state index in [-0.39, 0.29) is 17.7 Å². The number of carbonyl (C=O) groups is 3. The van der Waals surface area contributed by atoms with Crippen molar-refractivity contribution in [2.75, 3.05) is 26.0 Å². The molecule has 21 heavy (non-hydrogen) atoms. The van der Waals surface area contributed by atoms with Gasteiger partial charge in [0, 0.05) is 24.9 Å². The Morgan fingerprint density at radius 3 is 2.81 bits per heavy atom. The maximum absolute atomic E-state index is 11.7. The molecule has 2 aliphatic rings. The van der Waals surface area contributed by atoms with Gasteiger partial charge in [0.25, 0.3) is 0 Å². The van der Waals surface area contributed by atoms with Crippen LogP contribution >= 0.6 is 11.8 Å². The van der Waals surface area contributed by atoms with Gasteiger partial charge in [0.05, 0.1) is 0 Å². The summed E-state index contributed by atoms with van der Waals surface area (Å²) in [6.45, 7) is 2.13. The number of hydrogen-bond donors (Lipinski definition) is 2. The first kappa shape index (κ1) is 15.6. The van der Waals surface area contributed by atoms with Gasteiger partial charge in [-0.1, -0.05) is 0 Å². The van der Waals surface area contributed by atoms with E-state index in [9.17, 15) is 19.5 Å². The SMILES string of the molecule is CCN(C)C(=O)OCC1=C(C(=O)O)N2C(=O)C(N)C2SC1. The third-order valence-electron chi connectivity index (χ3n) is 3.45. The van der Waals surface area contributed by atoms with Crippen LogP contribution in [0.5, 0.6) is 0 Å². The second-order valence-electron chi connectivity index (χ2n) is 4.76. The molecule has 1 saturated heterocycles. The summed E-state index contributed by atoms with van der Waals surface area (Å²) in [5.41, 5.74) is 5.94. The summed E-state index contributed by atoms with van der Waals surface area (Å²) in [5.74, 6) is -1.26. The summed E-state index contributed by atoms with van der Waals surface area (Å²) in [6, 6.07) is -0.667. The van der Waals surface area contributed by atoms with Crippen LogP contribution in [0.15, 0.2) is 11.3 Å². The number of thioether (sulfide) groups is 1. The van der Waals surface area contributed by atoms with Crippen molar-refractivity contribution in [1.29, 1.82) is 0 Å². The van der Waals surface area contributed by atoms with E-state index in [4.69, 9.17) is 10.5 Å². The number of nitrogens with zero attached hydrogens (tertiary/aromatic N) is 2. The first-order chi connectivity index (χ1) is 9.88. The minimum absolute atomic E-state index is 0.114. The van der Waals surface area contributed by atoms with Crippen LogP contribution in [0.25, 0.3) is 0 Å². The van der Waals surface area contributed by atoms with E-state index in [1.807, 2.05) is 0 Å². The summed E-state index contributed by atoms with van der Waals surface area (Å²) in [6.07, 6.45) is -0.534. The summed E-state index contributed by atoms with van der Waals surface area (Å²) >= 11 is 1.37. The van der Waals surface area contributed by atoms with Gasteiger partial charge >= 0.3 is 12.1 Å².